The monoisotopic (exact) mass is 332 g/mol. The van der Waals surface area contributed by atoms with Gasteiger partial charge < -0.3 is 5.32 Å². The van der Waals surface area contributed by atoms with Crippen LogP contribution in [0.4, 0.5) is 10.8 Å². The molecule has 2 N–H and O–H groups in total. The van der Waals surface area contributed by atoms with Crippen LogP contribution in [0.15, 0.2) is 24.3 Å². The van der Waals surface area contributed by atoms with Gasteiger partial charge in [-0.1, -0.05) is 39.0 Å². The Labute approximate surface area is 139 Å². The van der Waals surface area contributed by atoms with Gasteiger partial charge in [0.1, 0.15) is 5.01 Å². The summed E-state index contributed by atoms with van der Waals surface area (Å²) in [7, 11) is 0. The highest BCUT2D eigenvalue weighted by atomic mass is 32.1. The van der Waals surface area contributed by atoms with E-state index in [2.05, 4.69) is 20.8 Å². The van der Waals surface area contributed by atoms with E-state index < -0.39 is 5.41 Å². The number of amides is 2. The second-order valence-electron chi connectivity index (χ2n) is 6.09. The zero-order valence-electron chi connectivity index (χ0n) is 13.6. The van der Waals surface area contributed by atoms with Crippen molar-refractivity contribution in [2.75, 3.05) is 10.6 Å². The van der Waals surface area contributed by atoms with Crippen molar-refractivity contribution in [3.05, 3.63) is 34.8 Å². The minimum absolute atomic E-state index is 0.0735. The van der Waals surface area contributed by atoms with Crippen molar-refractivity contribution < 1.29 is 9.59 Å². The van der Waals surface area contributed by atoms with Gasteiger partial charge in [-0.3, -0.25) is 14.9 Å². The number of benzene rings is 1. The molecular formula is C16H20N4O2S. The molecule has 0 aliphatic heterocycles. The van der Waals surface area contributed by atoms with Gasteiger partial charge in [-0.15, -0.1) is 10.2 Å². The van der Waals surface area contributed by atoms with E-state index in [1.54, 1.807) is 24.3 Å². The molecule has 6 nitrogen and oxygen atoms in total. The third kappa shape index (κ3) is 4.59. The number of anilines is 2. The molecule has 0 bridgehead atoms. The molecule has 0 aliphatic carbocycles. The number of hydrogen-bond donors (Lipinski definition) is 2. The number of hydrogen-bond acceptors (Lipinski definition) is 5. The standard InChI is InChI=1S/C16H20N4O2S/c1-5-12-19-20-15(23-12)18-13(21)10-6-8-11(9-7-10)17-14(22)16(2,3)4/h6-9H,5H2,1-4H3,(H,17,22)(H,18,20,21). The van der Waals surface area contributed by atoms with Crippen molar-refractivity contribution in [2.24, 2.45) is 5.41 Å². The van der Waals surface area contributed by atoms with E-state index >= 15 is 0 Å². The van der Waals surface area contributed by atoms with E-state index in [4.69, 9.17) is 0 Å². The zero-order valence-corrected chi connectivity index (χ0v) is 14.5. The Hall–Kier alpha value is -2.28. The molecule has 0 saturated carbocycles. The molecule has 0 aliphatic rings. The lowest BCUT2D eigenvalue weighted by molar-refractivity contribution is -0.123. The molecule has 0 saturated heterocycles. The summed E-state index contributed by atoms with van der Waals surface area (Å²) in [4.78, 5) is 24.1. The molecule has 2 aromatic rings. The second kappa shape index (κ2) is 6.87. The summed E-state index contributed by atoms with van der Waals surface area (Å²) in [6.45, 7) is 7.51. The largest absolute Gasteiger partial charge is 0.326 e. The van der Waals surface area contributed by atoms with E-state index in [-0.39, 0.29) is 11.8 Å². The Kier molecular flexibility index (Phi) is 5.10. The summed E-state index contributed by atoms with van der Waals surface area (Å²) in [5.41, 5.74) is 0.683. The molecule has 7 heteroatoms. The van der Waals surface area contributed by atoms with Crippen LogP contribution in [0.5, 0.6) is 0 Å². The van der Waals surface area contributed by atoms with Gasteiger partial charge in [-0.2, -0.15) is 0 Å². The van der Waals surface area contributed by atoms with Gasteiger partial charge in [0.25, 0.3) is 5.91 Å². The Morgan fingerprint density at radius 1 is 1.09 bits per heavy atom. The first kappa shape index (κ1) is 17.1. The van der Waals surface area contributed by atoms with E-state index in [1.807, 2.05) is 27.7 Å². The minimum atomic E-state index is -0.467. The topological polar surface area (TPSA) is 84.0 Å². The molecule has 1 aromatic carbocycles. The van der Waals surface area contributed by atoms with Crippen LogP contribution in [-0.4, -0.2) is 22.0 Å². The van der Waals surface area contributed by atoms with Crippen LogP contribution in [0.1, 0.15) is 43.1 Å². The van der Waals surface area contributed by atoms with E-state index in [0.29, 0.717) is 16.4 Å². The van der Waals surface area contributed by atoms with Crippen LogP contribution in [-0.2, 0) is 11.2 Å². The Morgan fingerprint density at radius 3 is 2.26 bits per heavy atom. The molecule has 0 fully saturated rings. The Morgan fingerprint density at radius 2 is 1.74 bits per heavy atom. The highest BCUT2D eigenvalue weighted by molar-refractivity contribution is 7.15. The second-order valence-corrected chi connectivity index (χ2v) is 7.15. The number of nitrogens with one attached hydrogen (secondary N) is 2. The average molecular weight is 332 g/mol. The van der Waals surface area contributed by atoms with Crippen molar-refractivity contribution in [1.29, 1.82) is 0 Å². The Balaban J connectivity index is 2.01. The average Bonchev–Trinajstić information content (AvgIpc) is 2.94. The van der Waals surface area contributed by atoms with Crippen LogP contribution < -0.4 is 10.6 Å². The number of nitrogens with zero attached hydrogens (tertiary/aromatic N) is 2. The van der Waals surface area contributed by atoms with Gasteiger partial charge >= 0.3 is 0 Å². The summed E-state index contributed by atoms with van der Waals surface area (Å²) in [5, 5.41) is 14.8. The van der Waals surface area contributed by atoms with Crippen LogP contribution in [0.25, 0.3) is 0 Å². The summed E-state index contributed by atoms with van der Waals surface area (Å²) in [6.07, 6.45) is 0.787. The molecule has 0 spiro atoms. The van der Waals surface area contributed by atoms with Gasteiger partial charge in [0.2, 0.25) is 11.0 Å². The van der Waals surface area contributed by atoms with Crippen molar-refractivity contribution >= 4 is 34.0 Å². The molecule has 1 aromatic heterocycles. The van der Waals surface area contributed by atoms with Crippen LogP contribution in [0, 0.1) is 5.41 Å². The lowest BCUT2D eigenvalue weighted by Gasteiger charge is -2.17. The summed E-state index contributed by atoms with van der Waals surface area (Å²) in [6, 6.07) is 6.73. The van der Waals surface area contributed by atoms with E-state index in [9.17, 15) is 9.59 Å². The molecule has 2 rings (SSSR count). The summed E-state index contributed by atoms with van der Waals surface area (Å²) < 4.78 is 0. The third-order valence-electron chi connectivity index (χ3n) is 3.08. The van der Waals surface area contributed by atoms with E-state index in [1.165, 1.54) is 11.3 Å². The summed E-state index contributed by atoms with van der Waals surface area (Å²) >= 11 is 1.36. The maximum atomic E-state index is 12.1. The van der Waals surface area contributed by atoms with Crippen molar-refractivity contribution in [3.63, 3.8) is 0 Å². The van der Waals surface area contributed by atoms with E-state index in [0.717, 1.165) is 11.4 Å². The van der Waals surface area contributed by atoms with Crippen LogP contribution in [0.3, 0.4) is 0 Å². The Bertz CT molecular complexity index is 702. The molecule has 0 atom stereocenters. The first-order valence-corrected chi connectivity index (χ1v) is 8.16. The fourth-order valence-electron chi connectivity index (χ4n) is 1.64. The highest BCUT2D eigenvalue weighted by Crippen LogP contribution is 2.19. The molecule has 122 valence electrons. The van der Waals surface area contributed by atoms with Gasteiger partial charge in [0, 0.05) is 16.7 Å². The lowest BCUT2D eigenvalue weighted by Crippen LogP contribution is -2.27. The molecular weight excluding hydrogens is 312 g/mol. The fraction of sp³-hybridized carbons (Fsp3) is 0.375. The van der Waals surface area contributed by atoms with Gasteiger partial charge in [0.15, 0.2) is 0 Å². The number of rotatable bonds is 4. The normalized spacial score (nSPS) is 11.1. The highest BCUT2D eigenvalue weighted by Gasteiger charge is 2.21. The predicted molar refractivity (Wildman–Crippen MR) is 91.8 cm³/mol. The van der Waals surface area contributed by atoms with Crippen molar-refractivity contribution in [1.82, 2.24) is 10.2 Å². The maximum absolute atomic E-state index is 12.1. The van der Waals surface area contributed by atoms with Crippen molar-refractivity contribution in [2.45, 2.75) is 34.1 Å². The fourth-order valence-corrected chi connectivity index (χ4v) is 2.31. The summed E-state index contributed by atoms with van der Waals surface area (Å²) in [5.74, 6) is -0.326. The molecule has 1 heterocycles. The molecule has 2 amide bonds. The smallest absolute Gasteiger partial charge is 0.257 e. The predicted octanol–water partition coefficient (Wildman–Crippen LogP) is 3.34. The first-order valence-electron chi connectivity index (χ1n) is 7.35. The van der Waals surface area contributed by atoms with Gasteiger partial charge in [0.05, 0.1) is 0 Å². The van der Waals surface area contributed by atoms with Crippen LogP contribution in [0.2, 0.25) is 0 Å². The van der Waals surface area contributed by atoms with Gasteiger partial charge in [-0.25, -0.2) is 0 Å². The number of carbonyl (C=O) groups excluding carboxylic acids is 2. The first-order chi connectivity index (χ1) is 10.8. The number of carbonyl (C=O) groups is 2. The quantitative estimate of drug-likeness (QED) is 0.899. The van der Waals surface area contributed by atoms with Crippen LogP contribution >= 0.6 is 11.3 Å². The van der Waals surface area contributed by atoms with Gasteiger partial charge in [-0.05, 0) is 30.7 Å². The van der Waals surface area contributed by atoms with Crippen molar-refractivity contribution in [3.8, 4) is 0 Å². The molecule has 23 heavy (non-hydrogen) atoms. The number of aromatic nitrogens is 2. The third-order valence-corrected chi connectivity index (χ3v) is 4.06. The lowest BCUT2D eigenvalue weighted by atomic mass is 9.95. The molecule has 0 unspecified atom stereocenters. The molecule has 0 radical (unpaired) electrons. The zero-order chi connectivity index (χ0) is 17.0. The minimum Gasteiger partial charge on any atom is -0.326 e. The maximum Gasteiger partial charge on any atom is 0.257 e. The SMILES string of the molecule is CCc1nnc(NC(=O)c2ccc(NC(=O)C(C)(C)C)cc2)s1. The number of aryl methyl sites for hydroxylation is 1.